The number of rotatable bonds is 5. The number of pyridine rings is 1. The molecule has 0 atom stereocenters. The summed E-state index contributed by atoms with van der Waals surface area (Å²) in [5, 5.41) is 11.1. The van der Waals surface area contributed by atoms with Crippen LogP contribution in [0, 0.1) is 6.92 Å². The van der Waals surface area contributed by atoms with Crippen molar-refractivity contribution < 1.29 is 14.3 Å². The zero-order valence-corrected chi connectivity index (χ0v) is 16.5. The minimum absolute atomic E-state index is 0.255. The zero-order chi connectivity index (χ0) is 21.1. The van der Waals surface area contributed by atoms with E-state index in [9.17, 15) is 9.59 Å². The van der Waals surface area contributed by atoms with Gasteiger partial charge < -0.3 is 10.1 Å². The fraction of sp³-hybridized carbons (Fsp3) is 0.136. The lowest BCUT2D eigenvalue weighted by Crippen LogP contribution is -2.13. The van der Waals surface area contributed by atoms with E-state index < -0.39 is 5.97 Å². The Labute approximate surface area is 172 Å². The number of fused-ring (bicyclic) bond motifs is 1. The fourth-order valence-corrected chi connectivity index (χ4v) is 3.07. The quantitative estimate of drug-likeness (QED) is 0.514. The molecular formula is C22H19N5O3. The maximum Gasteiger partial charge on any atom is 0.338 e. The molecule has 0 aliphatic carbocycles. The van der Waals surface area contributed by atoms with E-state index in [4.69, 9.17) is 4.74 Å². The van der Waals surface area contributed by atoms with Gasteiger partial charge in [0.1, 0.15) is 5.52 Å². The SMILES string of the molecule is CCOC(=O)c1ccc(NC(=O)c2ccc(-n3nnc4cccnc43)c(C)c2)cc1. The third-order valence-corrected chi connectivity index (χ3v) is 4.55. The number of hydrogen-bond donors (Lipinski definition) is 1. The van der Waals surface area contributed by atoms with Crippen LogP contribution in [0.4, 0.5) is 5.69 Å². The van der Waals surface area contributed by atoms with Crippen LogP contribution in [-0.2, 0) is 4.74 Å². The van der Waals surface area contributed by atoms with Crippen LogP contribution >= 0.6 is 0 Å². The molecule has 0 unspecified atom stereocenters. The zero-order valence-electron chi connectivity index (χ0n) is 16.5. The molecule has 0 bridgehead atoms. The third-order valence-electron chi connectivity index (χ3n) is 4.55. The second-order valence-electron chi connectivity index (χ2n) is 6.60. The summed E-state index contributed by atoms with van der Waals surface area (Å²) < 4.78 is 6.61. The Morgan fingerprint density at radius 1 is 1.07 bits per heavy atom. The molecule has 1 N–H and O–H groups in total. The average Bonchev–Trinajstić information content (AvgIpc) is 3.18. The van der Waals surface area contributed by atoms with Gasteiger partial charge in [0.2, 0.25) is 0 Å². The number of carbonyl (C=O) groups is 2. The number of esters is 1. The van der Waals surface area contributed by atoms with Gasteiger partial charge in [0, 0.05) is 17.4 Å². The third kappa shape index (κ3) is 3.75. The first-order valence-electron chi connectivity index (χ1n) is 9.43. The lowest BCUT2D eigenvalue weighted by Gasteiger charge is -2.10. The molecule has 0 saturated heterocycles. The summed E-state index contributed by atoms with van der Waals surface area (Å²) in [6, 6.07) is 15.5. The van der Waals surface area contributed by atoms with E-state index >= 15 is 0 Å². The molecule has 2 aromatic carbocycles. The molecule has 0 radical (unpaired) electrons. The second kappa shape index (κ2) is 8.12. The van der Waals surface area contributed by atoms with Crippen LogP contribution in [-0.4, -0.2) is 38.5 Å². The highest BCUT2D eigenvalue weighted by Gasteiger charge is 2.13. The van der Waals surface area contributed by atoms with E-state index in [2.05, 4.69) is 20.6 Å². The molecule has 150 valence electrons. The highest BCUT2D eigenvalue weighted by Crippen LogP contribution is 2.20. The summed E-state index contributed by atoms with van der Waals surface area (Å²) in [6.07, 6.45) is 1.69. The van der Waals surface area contributed by atoms with Gasteiger partial charge in [-0.15, -0.1) is 5.10 Å². The summed E-state index contributed by atoms with van der Waals surface area (Å²) in [5.74, 6) is -0.646. The maximum atomic E-state index is 12.6. The highest BCUT2D eigenvalue weighted by atomic mass is 16.5. The molecule has 8 nitrogen and oxygen atoms in total. The lowest BCUT2D eigenvalue weighted by molar-refractivity contribution is 0.0526. The number of benzene rings is 2. The van der Waals surface area contributed by atoms with Gasteiger partial charge in [0.25, 0.3) is 5.91 Å². The molecule has 0 spiro atoms. The van der Waals surface area contributed by atoms with Gasteiger partial charge in [0.15, 0.2) is 5.65 Å². The number of hydrogen-bond acceptors (Lipinski definition) is 6. The first-order valence-corrected chi connectivity index (χ1v) is 9.43. The molecule has 2 aromatic heterocycles. The number of carbonyl (C=O) groups excluding carboxylic acids is 2. The molecule has 2 heterocycles. The largest absolute Gasteiger partial charge is 0.462 e. The predicted octanol–water partition coefficient (Wildman–Crippen LogP) is 3.55. The summed E-state index contributed by atoms with van der Waals surface area (Å²) in [4.78, 5) is 28.7. The van der Waals surface area contributed by atoms with Crippen LogP contribution in [0.15, 0.2) is 60.8 Å². The average molecular weight is 401 g/mol. The van der Waals surface area contributed by atoms with Crippen molar-refractivity contribution in [2.45, 2.75) is 13.8 Å². The van der Waals surface area contributed by atoms with Crippen LogP contribution in [0.5, 0.6) is 0 Å². The van der Waals surface area contributed by atoms with Crippen LogP contribution in [0.1, 0.15) is 33.2 Å². The number of aryl methyl sites for hydroxylation is 1. The normalized spacial score (nSPS) is 10.7. The minimum Gasteiger partial charge on any atom is -0.462 e. The smallest absolute Gasteiger partial charge is 0.338 e. The number of aromatic nitrogens is 4. The molecule has 0 aliphatic rings. The van der Waals surface area contributed by atoms with E-state index in [1.54, 1.807) is 60.3 Å². The molecule has 1 amide bonds. The van der Waals surface area contributed by atoms with Crippen LogP contribution < -0.4 is 5.32 Å². The molecule has 4 aromatic rings. The Hall–Kier alpha value is -4.07. The van der Waals surface area contributed by atoms with Crippen molar-refractivity contribution in [3.63, 3.8) is 0 Å². The van der Waals surface area contributed by atoms with Gasteiger partial charge in [-0.2, -0.15) is 4.68 Å². The molecule has 0 fully saturated rings. The van der Waals surface area contributed by atoms with E-state index in [0.717, 1.165) is 11.3 Å². The predicted molar refractivity (Wildman–Crippen MR) is 112 cm³/mol. The van der Waals surface area contributed by atoms with Gasteiger partial charge in [-0.3, -0.25) is 4.79 Å². The molecule has 8 heteroatoms. The van der Waals surface area contributed by atoms with Crippen molar-refractivity contribution in [3.05, 3.63) is 77.5 Å². The molecule has 4 rings (SSSR count). The van der Waals surface area contributed by atoms with Gasteiger partial charge in [0.05, 0.1) is 17.9 Å². The van der Waals surface area contributed by atoms with E-state index in [0.29, 0.717) is 34.6 Å². The highest BCUT2D eigenvalue weighted by molar-refractivity contribution is 6.04. The summed E-state index contributed by atoms with van der Waals surface area (Å²) in [7, 11) is 0. The van der Waals surface area contributed by atoms with E-state index in [1.165, 1.54) is 0 Å². The molecule has 0 saturated carbocycles. The van der Waals surface area contributed by atoms with Crippen molar-refractivity contribution in [3.8, 4) is 5.69 Å². The van der Waals surface area contributed by atoms with Gasteiger partial charge >= 0.3 is 5.97 Å². The first-order chi connectivity index (χ1) is 14.6. The number of nitrogens with zero attached hydrogens (tertiary/aromatic N) is 4. The number of ether oxygens (including phenoxy) is 1. The van der Waals surface area contributed by atoms with E-state index in [1.807, 2.05) is 19.1 Å². The van der Waals surface area contributed by atoms with Crippen molar-refractivity contribution in [1.82, 2.24) is 20.0 Å². The number of anilines is 1. The van der Waals surface area contributed by atoms with Crippen molar-refractivity contribution in [1.29, 1.82) is 0 Å². The van der Waals surface area contributed by atoms with Crippen molar-refractivity contribution in [2.24, 2.45) is 0 Å². The summed E-state index contributed by atoms with van der Waals surface area (Å²) in [5.41, 5.74) is 4.53. The Kier molecular flexibility index (Phi) is 5.21. The maximum absolute atomic E-state index is 12.6. The van der Waals surface area contributed by atoms with Crippen LogP contribution in [0.3, 0.4) is 0 Å². The molecule has 0 aliphatic heterocycles. The topological polar surface area (TPSA) is 99.0 Å². The van der Waals surface area contributed by atoms with Crippen LogP contribution in [0.25, 0.3) is 16.9 Å². The Morgan fingerprint density at radius 2 is 1.83 bits per heavy atom. The van der Waals surface area contributed by atoms with Crippen molar-refractivity contribution >= 4 is 28.7 Å². The van der Waals surface area contributed by atoms with E-state index in [-0.39, 0.29) is 5.91 Å². The van der Waals surface area contributed by atoms with Gasteiger partial charge in [-0.25, -0.2) is 9.78 Å². The number of amides is 1. The Balaban J connectivity index is 1.53. The summed E-state index contributed by atoms with van der Waals surface area (Å²) >= 11 is 0. The van der Waals surface area contributed by atoms with Gasteiger partial charge in [-0.05, 0) is 74.0 Å². The Morgan fingerprint density at radius 3 is 2.57 bits per heavy atom. The lowest BCUT2D eigenvalue weighted by atomic mass is 10.1. The monoisotopic (exact) mass is 401 g/mol. The standard InChI is InChI=1S/C22H19N5O3/c1-3-30-22(29)15-6-9-17(10-7-15)24-21(28)16-8-11-19(14(2)13-16)27-20-18(25-26-27)5-4-12-23-20/h4-13H,3H2,1-2H3,(H,24,28). The van der Waals surface area contributed by atoms with Crippen molar-refractivity contribution in [2.75, 3.05) is 11.9 Å². The molecular weight excluding hydrogens is 382 g/mol. The van der Waals surface area contributed by atoms with Crippen LogP contribution in [0.2, 0.25) is 0 Å². The minimum atomic E-state index is -0.392. The Bertz CT molecular complexity index is 1230. The molecule has 30 heavy (non-hydrogen) atoms. The fourth-order valence-electron chi connectivity index (χ4n) is 3.07. The second-order valence-corrected chi connectivity index (χ2v) is 6.60. The summed E-state index contributed by atoms with van der Waals surface area (Å²) in [6.45, 7) is 3.96. The first kappa shape index (κ1) is 19.3. The number of nitrogens with one attached hydrogen (secondary N) is 1. The van der Waals surface area contributed by atoms with Gasteiger partial charge in [-0.1, -0.05) is 5.21 Å².